The standard InChI is InChI=1S/C14H25N3O2.ClH/c1-3-16-11(18)8-17(4-2)14(19)12-9-5-6-10(7-9)13(12)15;/h9-10,12-13H,3-8,15H2,1-2H3,(H,16,18);1H. The number of halogens is 1. The van der Waals surface area contributed by atoms with E-state index < -0.39 is 0 Å². The molecule has 2 rings (SSSR count). The summed E-state index contributed by atoms with van der Waals surface area (Å²) in [6, 6.07) is -0.00506. The summed E-state index contributed by atoms with van der Waals surface area (Å²) in [5.41, 5.74) is 6.20. The van der Waals surface area contributed by atoms with Gasteiger partial charge in [0.25, 0.3) is 0 Å². The minimum absolute atomic E-state index is 0. The van der Waals surface area contributed by atoms with Crippen LogP contribution in [0.4, 0.5) is 0 Å². The molecule has 0 spiro atoms. The minimum atomic E-state index is -0.0885. The van der Waals surface area contributed by atoms with Crippen LogP contribution in [0.5, 0.6) is 0 Å². The maximum absolute atomic E-state index is 12.6. The van der Waals surface area contributed by atoms with E-state index in [0.717, 1.165) is 19.3 Å². The van der Waals surface area contributed by atoms with E-state index in [1.807, 2.05) is 13.8 Å². The van der Waals surface area contributed by atoms with Crippen molar-refractivity contribution in [3.05, 3.63) is 0 Å². The minimum Gasteiger partial charge on any atom is -0.355 e. The number of hydrogen-bond donors (Lipinski definition) is 2. The lowest BCUT2D eigenvalue weighted by Gasteiger charge is -2.31. The van der Waals surface area contributed by atoms with Gasteiger partial charge in [0.2, 0.25) is 11.8 Å². The molecule has 2 amide bonds. The molecule has 0 aromatic rings. The van der Waals surface area contributed by atoms with E-state index in [9.17, 15) is 9.59 Å². The predicted molar refractivity (Wildman–Crippen MR) is 80.5 cm³/mol. The Kier molecular flexibility index (Phi) is 6.27. The number of hydrogen-bond acceptors (Lipinski definition) is 3. The fourth-order valence-corrected chi connectivity index (χ4v) is 3.69. The molecule has 2 fully saturated rings. The van der Waals surface area contributed by atoms with Crippen molar-refractivity contribution in [3.8, 4) is 0 Å². The van der Waals surface area contributed by atoms with Crippen LogP contribution in [0, 0.1) is 17.8 Å². The molecule has 0 aliphatic heterocycles. The summed E-state index contributed by atoms with van der Waals surface area (Å²) in [7, 11) is 0. The first-order chi connectivity index (χ1) is 9.08. The van der Waals surface area contributed by atoms with Gasteiger partial charge in [-0.25, -0.2) is 0 Å². The molecule has 116 valence electrons. The monoisotopic (exact) mass is 303 g/mol. The summed E-state index contributed by atoms with van der Waals surface area (Å²) in [5, 5.41) is 2.74. The fourth-order valence-electron chi connectivity index (χ4n) is 3.69. The second-order valence-corrected chi connectivity index (χ2v) is 5.74. The lowest BCUT2D eigenvalue weighted by atomic mass is 9.84. The third-order valence-corrected chi connectivity index (χ3v) is 4.67. The average Bonchev–Trinajstić information content (AvgIpc) is 2.96. The van der Waals surface area contributed by atoms with Gasteiger partial charge in [0.05, 0.1) is 12.5 Å². The summed E-state index contributed by atoms with van der Waals surface area (Å²) in [5.74, 6) is 0.883. The quantitative estimate of drug-likeness (QED) is 0.787. The molecule has 2 aliphatic carbocycles. The number of likely N-dealkylation sites (N-methyl/N-ethyl adjacent to an activating group) is 2. The number of rotatable bonds is 5. The number of carbonyl (C=O) groups excluding carboxylic acids is 2. The molecule has 0 saturated heterocycles. The largest absolute Gasteiger partial charge is 0.355 e. The summed E-state index contributed by atoms with van der Waals surface area (Å²) >= 11 is 0. The molecule has 2 aliphatic rings. The van der Waals surface area contributed by atoms with E-state index in [2.05, 4.69) is 5.32 Å². The lowest BCUT2D eigenvalue weighted by Crippen LogP contribution is -2.49. The number of nitrogens with one attached hydrogen (secondary N) is 1. The van der Waals surface area contributed by atoms with Crippen molar-refractivity contribution >= 4 is 24.2 Å². The Balaban J connectivity index is 0.00000200. The molecule has 0 radical (unpaired) electrons. The molecular weight excluding hydrogens is 278 g/mol. The van der Waals surface area contributed by atoms with Crippen LogP contribution in [0.15, 0.2) is 0 Å². The van der Waals surface area contributed by atoms with Crippen LogP contribution in [0.2, 0.25) is 0 Å². The first-order valence-electron chi connectivity index (χ1n) is 7.39. The van der Waals surface area contributed by atoms with Crippen molar-refractivity contribution in [2.45, 2.75) is 39.2 Å². The number of amides is 2. The molecule has 5 nitrogen and oxygen atoms in total. The SMILES string of the molecule is CCNC(=O)CN(CC)C(=O)C1C2CCC(C2)C1N.Cl. The lowest BCUT2D eigenvalue weighted by molar-refractivity contribution is -0.141. The van der Waals surface area contributed by atoms with Gasteiger partial charge in [-0.1, -0.05) is 0 Å². The summed E-state index contributed by atoms with van der Waals surface area (Å²) in [6.45, 7) is 5.11. The fraction of sp³-hybridized carbons (Fsp3) is 0.857. The van der Waals surface area contributed by atoms with E-state index in [0.29, 0.717) is 24.9 Å². The Morgan fingerprint density at radius 1 is 1.25 bits per heavy atom. The van der Waals surface area contributed by atoms with E-state index in [1.54, 1.807) is 4.90 Å². The van der Waals surface area contributed by atoms with Crippen molar-refractivity contribution < 1.29 is 9.59 Å². The first-order valence-corrected chi connectivity index (χ1v) is 7.39. The Morgan fingerprint density at radius 2 is 1.90 bits per heavy atom. The van der Waals surface area contributed by atoms with Gasteiger partial charge in [0, 0.05) is 19.1 Å². The van der Waals surface area contributed by atoms with Gasteiger partial charge >= 0.3 is 0 Å². The van der Waals surface area contributed by atoms with Crippen molar-refractivity contribution in [1.82, 2.24) is 10.2 Å². The van der Waals surface area contributed by atoms with Crippen molar-refractivity contribution in [3.63, 3.8) is 0 Å². The summed E-state index contributed by atoms with van der Waals surface area (Å²) in [4.78, 5) is 25.9. The highest BCUT2D eigenvalue weighted by Crippen LogP contribution is 2.48. The van der Waals surface area contributed by atoms with Crippen LogP contribution in [0.1, 0.15) is 33.1 Å². The molecule has 2 bridgehead atoms. The van der Waals surface area contributed by atoms with Gasteiger partial charge in [-0.05, 0) is 44.9 Å². The van der Waals surface area contributed by atoms with Crippen molar-refractivity contribution in [2.75, 3.05) is 19.6 Å². The molecule has 2 saturated carbocycles. The number of nitrogens with zero attached hydrogens (tertiary/aromatic N) is 1. The topological polar surface area (TPSA) is 75.4 Å². The zero-order valence-electron chi connectivity index (χ0n) is 12.3. The van der Waals surface area contributed by atoms with Crippen LogP contribution in [-0.4, -0.2) is 42.4 Å². The highest BCUT2D eigenvalue weighted by Gasteiger charge is 2.50. The zero-order valence-corrected chi connectivity index (χ0v) is 13.1. The highest BCUT2D eigenvalue weighted by molar-refractivity contribution is 5.86. The van der Waals surface area contributed by atoms with E-state index in [1.165, 1.54) is 0 Å². The maximum Gasteiger partial charge on any atom is 0.239 e. The Bertz CT molecular complexity index is 362. The van der Waals surface area contributed by atoms with Crippen molar-refractivity contribution in [2.24, 2.45) is 23.5 Å². The van der Waals surface area contributed by atoms with Crippen LogP contribution in [-0.2, 0) is 9.59 Å². The average molecular weight is 304 g/mol. The number of fused-ring (bicyclic) bond motifs is 2. The Labute approximate surface area is 127 Å². The second kappa shape index (κ2) is 7.27. The van der Waals surface area contributed by atoms with E-state index in [-0.39, 0.29) is 42.7 Å². The number of nitrogens with two attached hydrogens (primary N) is 1. The molecule has 6 heteroatoms. The van der Waals surface area contributed by atoms with E-state index in [4.69, 9.17) is 5.73 Å². The van der Waals surface area contributed by atoms with Crippen molar-refractivity contribution in [1.29, 1.82) is 0 Å². The van der Waals surface area contributed by atoms with Gasteiger partial charge in [0.1, 0.15) is 0 Å². The van der Waals surface area contributed by atoms with Gasteiger partial charge in [-0.2, -0.15) is 0 Å². The third-order valence-electron chi connectivity index (χ3n) is 4.67. The van der Waals surface area contributed by atoms with Gasteiger partial charge in [-0.3, -0.25) is 9.59 Å². The number of carbonyl (C=O) groups is 2. The Morgan fingerprint density at radius 3 is 2.40 bits per heavy atom. The molecule has 0 aromatic carbocycles. The Hall–Kier alpha value is -0.810. The van der Waals surface area contributed by atoms with Crippen LogP contribution in [0.25, 0.3) is 0 Å². The molecule has 4 atom stereocenters. The normalized spacial score (nSPS) is 30.8. The zero-order chi connectivity index (χ0) is 14.0. The molecule has 3 N–H and O–H groups in total. The predicted octanol–water partition coefficient (Wildman–Crippen LogP) is 0.766. The summed E-state index contributed by atoms with van der Waals surface area (Å²) in [6.07, 6.45) is 3.38. The molecule has 20 heavy (non-hydrogen) atoms. The van der Waals surface area contributed by atoms with Gasteiger partial charge in [0.15, 0.2) is 0 Å². The summed E-state index contributed by atoms with van der Waals surface area (Å²) < 4.78 is 0. The molecular formula is C14H26ClN3O2. The molecule has 4 unspecified atom stereocenters. The smallest absolute Gasteiger partial charge is 0.239 e. The van der Waals surface area contributed by atoms with Gasteiger partial charge in [-0.15, -0.1) is 12.4 Å². The van der Waals surface area contributed by atoms with Crippen LogP contribution >= 0.6 is 12.4 Å². The molecule has 0 heterocycles. The highest BCUT2D eigenvalue weighted by atomic mass is 35.5. The van der Waals surface area contributed by atoms with Crippen LogP contribution in [0.3, 0.4) is 0 Å². The second-order valence-electron chi connectivity index (χ2n) is 5.74. The van der Waals surface area contributed by atoms with Gasteiger partial charge < -0.3 is 16.0 Å². The van der Waals surface area contributed by atoms with Crippen LogP contribution < -0.4 is 11.1 Å². The van der Waals surface area contributed by atoms with E-state index >= 15 is 0 Å². The third kappa shape index (κ3) is 3.26. The molecule has 0 aromatic heterocycles. The maximum atomic E-state index is 12.6. The first kappa shape index (κ1) is 17.2.